The first kappa shape index (κ1) is 16.0. The highest BCUT2D eigenvalue weighted by molar-refractivity contribution is 5.80. The highest BCUT2D eigenvalue weighted by atomic mass is 16.5. The second-order valence-electron chi connectivity index (χ2n) is 5.93. The Bertz CT molecular complexity index is 418. The predicted octanol–water partition coefficient (Wildman–Crippen LogP) is 0.0655. The van der Waals surface area contributed by atoms with Crippen LogP contribution in [-0.2, 0) is 14.3 Å². The third-order valence-electron chi connectivity index (χ3n) is 4.12. The lowest BCUT2D eigenvalue weighted by atomic mass is 9.84. The summed E-state index contributed by atoms with van der Waals surface area (Å²) in [6, 6.07) is -0.325. The van der Waals surface area contributed by atoms with Crippen molar-refractivity contribution in [2.75, 3.05) is 20.7 Å². The Morgan fingerprint density at radius 3 is 2.57 bits per heavy atom. The van der Waals surface area contributed by atoms with Gasteiger partial charge in [0, 0.05) is 20.0 Å². The van der Waals surface area contributed by atoms with Crippen LogP contribution in [0.1, 0.15) is 25.7 Å². The van der Waals surface area contributed by atoms with Gasteiger partial charge in [-0.05, 0) is 12.8 Å². The van der Waals surface area contributed by atoms with Gasteiger partial charge in [0.2, 0.25) is 11.8 Å². The fraction of sp³-hybridized carbons (Fsp3) is 0.733. The molecule has 6 heteroatoms. The zero-order chi connectivity index (χ0) is 15.4. The van der Waals surface area contributed by atoms with Gasteiger partial charge in [-0.15, -0.1) is 0 Å². The molecule has 2 N–H and O–H groups in total. The van der Waals surface area contributed by atoms with E-state index in [2.05, 4.69) is 5.32 Å². The first-order valence-electron chi connectivity index (χ1n) is 7.46. The van der Waals surface area contributed by atoms with Gasteiger partial charge in [-0.3, -0.25) is 9.59 Å². The molecule has 0 unspecified atom stereocenters. The molecular weight excluding hydrogens is 272 g/mol. The SMILES string of the molecule is CN(C)C(=O)C[C@@H]1C=C[C@H](NC(=O)C2CCC2)[C@@H](CO)O1. The maximum Gasteiger partial charge on any atom is 0.224 e. The summed E-state index contributed by atoms with van der Waals surface area (Å²) < 4.78 is 5.70. The van der Waals surface area contributed by atoms with Crippen LogP contribution in [-0.4, -0.2) is 60.8 Å². The Morgan fingerprint density at radius 2 is 2.05 bits per heavy atom. The summed E-state index contributed by atoms with van der Waals surface area (Å²) in [5.41, 5.74) is 0. The second kappa shape index (κ2) is 7.04. The number of carbonyl (C=O) groups excluding carboxylic acids is 2. The average molecular weight is 296 g/mol. The Kier molecular flexibility index (Phi) is 5.36. The number of nitrogens with one attached hydrogen (secondary N) is 1. The van der Waals surface area contributed by atoms with Gasteiger partial charge in [0.1, 0.15) is 6.10 Å². The fourth-order valence-electron chi connectivity index (χ4n) is 2.44. The normalized spacial score (nSPS) is 28.8. The molecule has 0 aromatic heterocycles. The molecule has 6 nitrogen and oxygen atoms in total. The maximum absolute atomic E-state index is 12.0. The molecule has 1 heterocycles. The van der Waals surface area contributed by atoms with Crippen LogP contribution in [0.3, 0.4) is 0 Å². The van der Waals surface area contributed by atoms with E-state index in [4.69, 9.17) is 4.74 Å². The number of amides is 2. The number of hydrogen-bond acceptors (Lipinski definition) is 4. The lowest BCUT2D eigenvalue weighted by Crippen LogP contribution is -2.51. The van der Waals surface area contributed by atoms with E-state index in [1.165, 1.54) is 4.90 Å². The average Bonchev–Trinajstić information content (AvgIpc) is 2.38. The number of rotatable bonds is 5. The van der Waals surface area contributed by atoms with E-state index in [-0.39, 0.29) is 42.9 Å². The highest BCUT2D eigenvalue weighted by Crippen LogP contribution is 2.27. The lowest BCUT2D eigenvalue weighted by molar-refractivity contribution is -0.135. The van der Waals surface area contributed by atoms with Crippen molar-refractivity contribution in [3.63, 3.8) is 0 Å². The molecule has 1 fully saturated rings. The smallest absolute Gasteiger partial charge is 0.224 e. The molecule has 0 radical (unpaired) electrons. The number of hydrogen-bond donors (Lipinski definition) is 2. The number of carbonyl (C=O) groups is 2. The predicted molar refractivity (Wildman–Crippen MR) is 77.5 cm³/mol. The van der Waals surface area contributed by atoms with Crippen molar-refractivity contribution in [1.29, 1.82) is 0 Å². The van der Waals surface area contributed by atoms with Gasteiger partial charge in [-0.1, -0.05) is 18.6 Å². The Balaban J connectivity index is 1.91. The molecule has 21 heavy (non-hydrogen) atoms. The zero-order valence-electron chi connectivity index (χ0n) is 12.6. The molecule has 2 aliphatic rings. The number of ether oxygens (including phenoxy) is 1. The van der Waals surface area contributed by atoms with Crippen LogP contribution in [0.2, 0.25) is 0 Å². The summed E-state index contributed by atoms with van der Waals surface area (Å²) in [7, 11) is 3.39. The molecule has 1 saturated carbocycles. The molecular formula is C15H24N2O4. The quantitative estimate of drug-likeness (QED) is 0.704. The van der Waals surface area contributed by atoms with Crippen molar-refractivity contribution in [2.45, 2.75) is 43.9 Å². The van der Waals surface area contributed by atoms with Gasteiger partial charge in [-0.25, -0.2) is 0 Å². The van der Waals surface area contributed by atoms with Gasteiger partial charge in [0.05, 0.1) is 25.2 Å². The van der Waals surface area contributed by atoms with Gasteiger partial charge in [-0.2, -0.15) is 0 Å². The van der Waals surface area contributed by atoms with Crippen LogP contribution in [0, 0.1) is 5.92 Å². The summed E-state index contributed by atoms with van der Waals surface area (Å²) in [5, 5.41) is 12.4. The minimum absolute atomic E-state index is 0.0285. The van der Waals surface area contributed by atoms with Crippen molar-refractivity contribution < 1.29 is 19.4 Å². The summed E-state index contributed by atoms with van der Waals surface area (Å²) in [6.07, 6.45) is 5.98. The summed E-state index contributed by atoms with van der Waals surface area (Å²) >= 11 is 0. The van der Waals surface area contributed by atoms with Gasteiger partial charge in [0.15, 0.2) is 0 Å². The van der Waals surface area contributed by atoms with E-state index in [1.807, 2.05) is 6.08 Å². The van der Waals surface area contributed by atoms with Crippen molar-refractivity contribution in [3.8, 4) is 0 Å². The summed E-state index contributed by atoms with van der Waals surface area (Å²) in [6.45, 7) is -0.188. The molecule has 3 atom stereocenters. The van der Waals surface area contributed by atoms with Gasteiger partial charge >= 0.3 is 0 Å². The molecule has 2 amide bonds. The first-order chi connectivity index (χ1) is 10.0. The molecule has 0 spiro atoms. The van der Waals surface area contributed by atoms with E-state index < -0.39 is 6.10 Å². The van der Waals surface area contributed by atoms with E-state index in [9.17, 15) is 14.7 Å². The Hall–Kier alpha value is -1.40. The monoisotopic (exact) mass is 296 g/mol. The number of nitrogens with zero attached hydrogens (tertiary/aromatic N) is 1. The van der Waals surface area contributed by atoms with Gasteiger partial charge < -0.3 is 20.1 Å². The zero-order valence-corrected chi connectivity index (χ0v) is 12.6. The minimum Gasteiger partial charge on any atom is -0.394 e. The van der Waals surface area contributed by atoms with E-state index in [0.717, 1.165) is 19.3 Å². The minimum atomic E-state index is -0.501. The van der Waals surface area contributed by atoms with E-state index >= 15 is 0 Å². The standard InChI is InChI=1S/C15H24N2O4/c1-17(2)14(19)8-11-6-7-12(13(9-18)21-11)16-15(20)10-4-3-5-10/h6-7,10-13,18H,3-5,8-9H2,1-2H3,(H,16,20)/t11-,12-,13+/m0/s1. The molecule has 0 aromatic rings. The topological polar surface area (TPSA) is 78.9 Å². The summed E-state index contributed by atoms with van der Waals surface area (Å²) in [4.78, 5) is 25.2. The second-order valence-corrected chi connectivity index (χ2v) is 5.93. The Morgan fingerprint density at radius 1 is 1.33 bits per heavy atom. The van der Waals surface area contributed by atoms with Crippen molar-refractivity contribution in [2.24, 2.45) is 5.92 Å². The van der Waals surface area contributed by atoms with Crippen LogP contribution < -0.4 is 5.32 Å². The van der Waals surface area contributed by atoms with E-state index in [1.54, 1.807) is 20.2 Å². The lowest BCUT2D eigenvalue weighted by Gasteiger charge is -2.34. The van der Waals surface area contributed by atoms with Crippen LogP contribution in [0.15, 0.2) is 12.2 Å². The van der Waals surface area contributed by atoms with Crippen molar-refractivity contribution in [1.82, 2.24) is 10.2 Å². The van der Waals surface area contributed by atoms with Crippen LogP contribution >= 0.6 is 0 Å². The van der Waals surface area contributed by atoms with Crippen LogP contribution in [0.25, 0.3) is 0 Å². The number of aliphatic hydroxyl groups excluding tert-OH is 1. The molecule has 1 aliphatic heterocycles. The first-order valence-corrected chi connectivity index (χ1v) is 7.46. The highest BCUT2D eigenvalue weighted by Gasteiger charge is 2.32. The Labute approximate surface area is 125 Å². The molecule has 1 aliphatic carbocycles. The van der Waals surface area contributed by atoms with Crippen LogP contribution in [0.5, 0.6) is 0 Å². The molecule has 0 aromatic carbocycles. The largest absolute Gasteiger partial charge is 0.394 e. The molecule has 118 valence electrons. The van der Waals surface area contributed by atoms with Crippen molar-refractivity contribution >= 4 is 11.8 Å². The summed E-state index contributed by atoms with van der Waals surface area (Å²) in [5.74, 6) is 0.102. The van der Waals surface area contributed by atoms with Crippen LogP contribution in [0.4, 0.5) is 0 Å². The third kappa shape index (κ3) is 4.04. The molecule has 2 rings (SSSR count). The fourth-order valence-corrected chi connectivity index (χ4v) is 2.44. The van der Waals surface area contributed by atoms with Crippen molar-refractivity contribution in [3.05, 3.63) is 12.2 Å². The van der Waals surface area contributed by atoms with E-state index in [0.29, 0.717) is 0 Å². The van der Waals surface area contributed by atoms with Gasteiger partial charge in [0.25, 0.3) is 0 Å². The molecule has 0 saturated heterocycles. The third-order valence-corrected chi connectivity index (χ3v) is 4.12. The number of aliphatic hydroxyl groups is 1. The molecule has 0 bridgehead atoms. The maximum atomic E-state index is 12.0.